The molecule has 0 bridgehead atoms. The fourth-order valence-electron chi connectivity index (χ4n) is 3.04. The zero-order chi connectivity index (χ0) is 15.4. The molecule has 1 rings (SSSR count). The first kappa shape index (κ1) is 16.8. The van der Waals surface area contributed by atoms with Crippen LogP contribution in [0.5, 0.6) is 0 Å². The average molecular weight is 283 g/mol. The monoisotopic (exact) mass is 283 g/mol. The quantitative estimate of drug-likeness (QED) is 0.352. The highest BCUT2D eigenvalue weighted by Gasteiger charge is 2.42. The van der Waals surface area contributed by atoms with Gasteiger partial charge in [0.2, 0.25) is 5.91 Å². The van der Waals surface area contributed by atoms with Gasteiger partial charge in [0.25, 0.3) is 0 Å². The second kappa shape index (κ2) is 6.46. The second-order valence-corrected chi connectivity index (χ2v) is 6.17. The minimum Gasteiger partial charge on any atom is -0.409 e. The molecule has 0 aromatic heterocycles. The number of carbonyl (C=O) groups excluding carboxylic acids is 1. The highest BCUT2D eigenvalue weighted by atomic mass is 16.4. The second-order valence-electron chi connectivity index (χ2n) is 6.17. The van der Waals surface area contributed by atoms with E-state index >= 15 is 0 Å². The number of hydrogen-bond donors (Lipinski definition) is 2. The summed E-state index contributed by atoms with van der Waals surface area (Å²) in [5.74, 6) is -0.0103. The number of amides is 1. The van der Waals surface area contributed by atoms with E-state index < -0.39 is 5.41 Å². The van der Waals surface area contributed by atoms with Gasteiger partial charge in [-0.1, -0.05) is 38.8 Å². The summed E-state index contributed by atoms with van der Waals surface area (Å²) in [5, 5.41) is 12.0. The number of oxime groups is 1. The minimum atomic E-state index is -0.896. The van der Waals surface area contributed by atoms with Crippen molar-refractivity contribution >= 4 is 11.7 Å². The predicted molar refractivity (Wildman–Crippen MR) is 80.6 cm³/mol. The van der Waals surface area contributed by atoms with Crippen molar-refractivity contribution in [1.29, 1.82) is 0 Å². The molecule has 0 saturated carbocycles. The van der Waals surface area contributed by atoms with E-state index in [0.717, 1.165) is 38.8 Å². The van der Waals surface area contributed by atoms with Gasteiger partial charge in [-0.3, -0.25) is 4.79 Å². The van der Waals surface area contributed by atoms with E-state index in [0.29, 0.717) is 11.8 Å². The number of nitrogens with zero attached hydrogens (tertiary/aromatic N) is 2. The molecule has 116 valence electrons. The molecule has 1 aliphatic rings. The van der Waals surface area contributed by atoms with E-state index in [9.17, 15) is 4.79 Å². The van der Waals surface area contributed by atoms with Crippen LogP contribution < -0.4 is 5.73 Å². The third kappa shape index (κ3) is 2.91. The summed E-state index contributed by atoms with van der Waals surface area (Å²) in [6.45, 7) is 9.65. The van der Waals surface area contributed by atoms with Crippen molar-refractivity contribution in [3.8, 4) is 0 Å². The molecule has 0 aromatic rings. The molecule has 1 heterocycles. The third-order valence-corrected chi connectivity index (χ3v) is 5.46. The van der Waals surface area contributed by atoms with Crippen molar-refractivity contribution < 1.29 is 10.0 Å². The van der Waals surface area contributed by atoms with Gasteiger partial charge in [0.05, 0.1) is 0 Å². The number of hydrogen-bond acceptors (Lipinski definition) is 3. The first-order chi connectivity index (χ1) is 9.39. The van der Waals surface area contributed by atoms with E-state index in [1.165, 1.54) is 0 Å². The van der Waals surface area contributed by atoms with Gasteiger partial charge < -0.3 is 15.8 Å². The molecule has 1 unspecified atom stereocenters. The Hall–Kier alpha value is -1.26. The van der Waals surface area contributed by atoms with E-state index in [-0.39, 0.29) is 11.7 Å². The number of amidine groups is 1. The van der Waals surface area contributed by atoms with Gasteiger partial charge in [0.15, 0.2) is 5.84 Å². The summed E-state index contributed by atoms with van der Waals surface area (Å²) in [5.41, 5.74) is 5.22. The Kier molecular flexibility index (Phi) is 5.42. The molecule has 1 fully saturated rings. The minimum absolute atomic E-state index is 0.00724. The van der Waals surface area contributed by atoms with Crippen LogP contribution in [0.2, 0.25) is 0 Å². The fourth-order valence-corrected chi connectivity index (χ4v) is 3.04. The van der Waals surface area contributed by atoms with E-state index in [2.05, 4.69) is 19.0 Å². The molecule has 1 saturated heterocycles. The number of nitrogens with two attached hydrogens (primary N) is 1. The summed E-state index contributed by atoms with van der Waals surface area (Å²) >= 11 is 0. The average Bonchev–Trinajstić information content (AvgIpc) is 2.52. The topological polar surface area (TPSA) is 78.9 Å². The molecular weight excluding hydrogens is 254 g/mol. The normalized spacial score (nSPS) is 22.4. The van der Waals surface area contributed by atoms with Crippen LogP contribution in [0.3, 0.4) is 0 Å². The van der Waals surface area contributed by atoms with Crippen LogP contribution in [0.4, 0.5) is 0 Å². The summed E-state index contributed by atoms with van der Waals surface area (Å²) in [4.78, 5) is 14.6. The zero-order valence-electron chi connectivity index (χ0n) is 13.3. The molecule has 1 aliphatic heterocycles. The lowest BCUT2D eigenvalue weighted by Gasteiger charge is -2.43. The van der Waals surface area contributed by atoms with Gasteiger partial charge >= 0.3 is 0 Å². The lowest BCUT2D eigenvalue weighted by molar-refractivity contribution is -0.140. The smallest absolute Gasteiger partial charge is 0.236 e. The van der Waals surface area contributed by atoms with Crippen molar-refractivity contribution in [2.24, 2.45) is 21.7 Å². The van der Waals surface area contributed by atoms with Crippen molar-refractivity contribution in [2.45, 2.75) is 59.8 Å². The zero-order valence-corrected chi connectivity index (χ0v) is 13.3. The molecule has 0 spiro atoms. The van der Waals surface area contributed by atoms with Crippen molar-refractivity contribution in [3.05, 3.63) is 0 Å². The van der Waals surface area contributed by atoms with Crippen LogP contribution in [0.1, 0.15) is 59.8 Å². The Balaban J connectivity index is 2.81. The number of piperidine rings is 1. The highest BCUT2D eigenvalue weighted by molar-refractivity contribution is 6.06. The van der Waals surface area contributed by atoms with E-state index in [1.54, 1.807) is 6.92 Å². The van der Waals surface area contributed by atoms with Crippen LogP contribution in [-0.2, 0) is 4.79 Å². The van der Waals surface area contributed by atoms with Crippen molar-refractivity contribution in [2.75, 3.05) is 13.1 Å². The maximum Gasteiger partial charge on any atom is 0.236 e. The number of carbonyl (C=O) groups is 1. The summed E-state index contributed by atoms with van der Waals surface area (Å²) in [6.07, 6.45) is 4.95. The number of rotatable bonds is 5. The summed E-state index contributed by atoms with van der Waals surface area (Å²) in [7, 11) is 0. The predicted octanol–water partition coefficient (Wildman–Crippen LogP) is 2.58. The third-order valence-electron chi connectivity index (χ3n) is 5.46. The van der Waals surface area contributed by atoms with Crippen LogP contribution >= 0.6 is 0 Å². The first-order valence-electron chi connectivity index (χ1n) is 7.66. The Bertz CT molecular complexity index is 367. The molecule has 5 nitrogen and oxygen atoms in total. The first-order valence-corrected chi connectivity index (χ1v) is 7.66. The molecule has 1 amide bonds. The van der Waals surface area contributed by atoms with E-state index in [4.69, 9.17) is 10.9 Å². The van der Waals surface area contributed by atoms with Gasteiger partial charge in [-0.05, 0) is 31.6 Å². The van der Waals surface area contributed by atoms with Gasteiger partial charge in [-0.2, -0.15) is 0 Å². The number of likely N-dealkylation sites (tertiary alicyclic amines) is 1. The van der Waals surface area contributed by atoms with Gasteiger partial charge in [-0.15, -0.1) is 0 Å². The molecule has 0 radical (unpaired) electrons. The highest BCUT2D eigenvalue weighted by Crippen LogP contribution is 2.39. The fraction of sp³-hybridized carbons (Fsp3) is 0.867. The maximum atomic E-state index is 12.7. The van der Waals surface area contributed by atoms with Crippen molar-refractivity contribution in [3.63, 3.8) is 0 Å². The molecular formula is C15H29N3O2. The standard InChI is InChI=1S/C15H29N3O2/c1-5-14(4,12(16)17-20)13(19)18-10-8-15(6-2,7-3)9-11-18/h20H,5-11H2,1-4H3,(H2,16,17). The van der Waals surface area contributed by atoms with Crippen LogP contribution in [-0.4, -0.2) is 34.9 Å². The molecule has 0 aliphatic carbocycles. The Morgan fingerprint density at radius 1 is 1.30 bits per heavy atom. The van der Waals surface area contributed by atoms with Crippen LogP contribution in [0.15, 0.2) is 5.16 Å². The van der Waals surface area contributed by atoms with Gasteiger partial charge in [-0.25, -0.2) is 0 Å². The van der Waals surface area contributed by atoms with Crippen molar-refractivity contribution in [1.82, 2.24) is 4.90 Å². The maximum absolute atomic E-state index is 12.7. The SMILES string of the molecule is CCC1(CC)CCN(C(=O)C(C)(CC)C(N)=NO)CC1. The molecule has 3 N–H and O–H groups in total. The molecule has 0 aromatic carbocycles. The molecule has 1 atom stereocenters. The lowest BCUT2D eigenvalue weighted by atomic mass is 9.73. The Morgan fingerprint density at radius 3 is 2.15 bits per heavy atom. The van der Waals surface area contributed by atoms with Crippen LogP contribution in [0, 0.1) is 10.8 Å². The summed E-state index contributed by atoms with van der Waals surface area (Å²) in [6, 6.07) is 0. The Morgan fingerprint density at radius 2 is 1.80 bits per heavy atom. The van der Waals surface area contributed by atoms with Crippen LogP contribution in [0.25, 0.3) is 0 Å². The molecule has 5 heteroatoms. The summed E-state index contributed by atoms with van der Waals surface area (Å²) < 4.78 is 0. The van der Waals surface area contributed by atoms with Gasteiger partial charge in [0, 0.05) is 13.1 Å². The largest absolute Gasteiger partial charge is 0.409 e. The van der Waals surface area contributed by atoms with E-state index in [1.807, 2.05) is 11.8 Å². The van der Waals surface area contributed by atoms with Gasteiger partial charge in [0.1, 0.15) is 5.41 Å². The lowest BCUT2D eigenvalue weighted by Crippen LogP contribution is -2.52. The molecule has 20 heavy (non-hydrogen) atoms. The Labute approximate surface area is 122 Å².